The van der Waals surface area contributed by atoms with Crippen molar-refractivity contribution in [2.45, 2.75) is 32.2 Å². The molecular formula is C13H16F5NO. The molecule has 0 aliphatic carbocycles. The van der Waals surface area contributed by atoms with Crippen molar-refractivity contribution in [3.8, 4) is 5.75 Å². The largest absolute Gasteiger partial charge is 0.487 e. The Labute approximate surface area is 113 Å². The van der Waals surface area contributed by atoms with Gasteiger partial charge in [-0.1, -0.05) is 13.0 Å². The quantitative estimate of drug-likeness (QED) is 0.773. The van der Waals surface area contributed by atoms with Crippen molar-refractivity contribution in [2.24, 2.45) is 0 Å². The zero-order chi connectivity index (χ0) is 15.3. The molecule has 0 saturated heterocycles. The minimum Gasteiger partial charge on any atom is -0.487 e. The van der Waals surface area contributed by atoms with E-state index in [-0.39, 0.29) is 11.3 Å². The van der Waals surface area contributed by atoms with E-state index in [9.17, 15) is 22.0 Å². The van der Waals surface area contributed by atoms with Crippen LogP contribution in [0.3, 0.4) is 0 Å². The Morgan fingerprint density at radius 2 is 1.95 bits per heavy atom. The summed E-state index contributed by atoms with van der Waals surface area (Å²) in [6.07, 6.45) is -3.83. The number of nitrogens with one attached hydrogen (secondary N) is 1. The van der Waals surface area contributed by atoms with Gasteiger partial charge in [0.05, 0.1) is 0 Å². The van der Waals surface area contributed by atoms with Crippen LogP contribution in [0.2, 0.25) is 0 Å². The van der Waals surface area contributed by atoms with Gasteiger partial charge >= 0.3 is 12.3 Å². The summed E-state index contributed by atoms with van der Waals surface area (Å²) < 4.78 is 68.2. The highest BCUT2D eigenvalue weighted by atomic mass is 19.3. The highest BCUT2D eigenvalue weighted by molar-refractivity contribution is 5.37. The molecule has 0 amide bonds. The number of hydrogen-bond acceptors (Lipinski definition) is 2. The van der Waals surface area contributed by atoms with Crippen LogP contribution in [0.5, 0.6) is 5.75 Å². The van der Waals surface area contributed by atoms with E-state index in [2.05, 4.69) is 5.32 Å². The lowest BCUT2D eigenvalue weighted by atomic mass is 10.1. The van der Waals surface area contributed by atoms with Crippen molar-refractivity contribution in [1.82, 2.24) is 5.32 Å². The van der Waals surface area contributed by atoms with Gasteiger partial charge in [-0.05, 0) is 25.6 Å². The molecule has 0 fully saturated rings. The monoisotopic (exact) mass is 297 g/mol. The molecule has 1 unspecified atom stereocenters. The predicted octanol–water partition coefficient (Wildman–Crippen LogP) is 3.78. The van der Waals surface area contributed by atoms with Crippen molar-refractivity contribution in [3.63, 3.8) is 0 Å². The molecule has 20 heavy (non-hydrogen) atoms. The molecule has 1 N–H and O–H groups in total. The fourth-order valence-corrected chi connectivity index (χ4v) is 1.71. The lowest BCUT2D eigenvalue weighted by molar-refractivity contribution is -0.148. The number of halogens is 5. The third-order valence-corrected chi connectivity index (χ3v) is 2.70. The second kappa shape index (κ2) is 6.88. The second-order valence-corrected chi connectivity index (χ2v) is 4.28. The number of rotatable bonds is 7. The third kappa shape index (κ3) is 4.06. The molecule has 0 heterocycles. The smallest absolute Gasteiger partial charge is 0.340 e. The second-order valence-electron chi connectivity index (χ2n) is 4.28. The van der Waals surface area contributed by atoms with Crippen LogP contribution in [0.15, 0.2) is 18.2 Å². The number of ether oxygens (including phenoxy) is 1. The summed E-state index contributed by atoms with van der Waals surface area (Å²) in [5.41, 5.74) is 0.0411. The van der Waals surface area contributed by atoms with Crippen LogP contribution in [0.1, 0.15) is 25.5 Å². The van der Waals surface area contributed by atoms with E-state index in [1.165, 1.54) is 12.1 Å². The molecule has 0 radical (unpaired) electrons. The van der Waals surface area contributed by atoms with Crippen molar-refractivity contribution in [1.29, 1.82) is 0 Å². The molecule has 7 heteroatoms. The average molecular weight is 297 g/mol. The molecule has 1 aromatic rings. The molecule has 1 aromatic carbocycles. The van der Waals surface area contributed by atoms with Crippen molar-refractivity contribution >= 4 is 0 Å². The highest BCUT2D eigenvalue weighted by Gasteiger charge is 2.42. The van der Waals surface area contributed by atoms with Gasteiger partial charge in [-0.3, -0.25) is 0 Å². The molecule has 2 nitrogen and oxygen atoms in total. The van der Waals surface area contributed by atoms with Gasteiger partial charge in [0.1, 0.15) is 11.6 Å². The Hall–Kier alpha value is -1.37. The molecule has 0 spiro atoms. The van der Waals surface area contributed by atoms with E-state index < -0.39 is 30.8 Å². The van der Waals surface area contributed by atoms with Gasteiger partial charge in [-0.2, -0.15) is 8.78 Å². The molecule has 1 rings (SSSR count). The van der Waals surface area contributed by atoms with Gasteiger partial charge in [0.15, 0.2) is 6.61 Å². The van der Waals surface area contributed by atoms with Crippen LogP contribution >= 0.6 is 0 Å². The van der Waals surface area contributed by atoms with Crippen molar-refractivity contribution < 1.29 is 26.7 Å². The zero-order valence-corrected chi connectivity index (χ0v) is 11.1. The van der Waals surface area contributed by atoms with Crippen LogP contribution < -0.4 is 10.1 Å². The zero-order valence-electron chi connectivity index (χ0n) is 11.1. The summed E-state index contributed by atoms with van der Waals surface area (Å²) in [4.78, 5) is 0. The first-order valence-electron chi connectivity index (χ1n) is 6.10. The van der Waals surface area contributed by atoms with E-state index in [1.54, 1.807) is 13.8 Å². The minimum atomic E-state index is -4.27. The van der Waals surface area contributed by atoms with Gasteiger partial charge in [0.25, 0.3) is 0 Å². The summed E-state index contributed by atoms with van der Waals surface area (Å²) >= 11 is 0. The maximum atomic E-state index is 13.7. The van der Waals surface area contributed by atoms with E-state index in [1.807, 2.05) is 0 Å². The first kappa shape index (κ1) is 16.7. The molecule has 0 aromatic heterocycles. The number of alkyl halides is 4. The Morgan fingerprint density at radius 3 is 2.50 bits per heavy atom. The first-order chi connectivity index (χ1) is 9.29. The van der Waals surface area contributed by atoms with Crippen molar-refractivity contribution in [3.05, 3.63) is 29.6 Å². The lowest BCUT2D eigenvalue weighted by Gasteiger charge is -2.21. The fourth-order valence-electron chi connectivity index (χ4n) is 1.71. The summed E-state index contributed by atoms with van der Waals surface area (Å²) in [5.74, 6) is -5.08. The van der Waals surface area contributed by atoms with Crippen LogP contribution in [-0.4, -0.2) is 25.5 Å². The Morgan fingerprint density at radius 1 is 1.30 bits per heavy atom. The minimum absolute atomic E-state index is 0.0411. The Kier molecular flexibility index (Phi) is 5.74. The van der Waals surface area contributed by atoms with Gasteiger partial charge in [-0.25, -0.2) is 13.2 Å². The Bertz CT molecular complexity index is 439. The molecule has 114 valence electrons. The van der Waals surface area contributed by atoms with Crippen LogP contribution in [-0.2, 0) is 0 Å². The molecule has 1 atom stereocenters. The van der Waals surface area contributed by atoms with E-state index in [4.69, 9.17) is 4.74 Å². The topological polar surface area (TPSA) is 21.3 Å². The fraction of sp³-hybridized carbons (Fsp3) is 0.538. The van der Waals surface area contributed by atoms with Gasteiger partial charge in [0.2, 0.25) is 0 Å². The summed E-state index contributed by atoms with van der Waals surface area (Å²) in [7, 11) is 0. The Balaban J connectivity index is 2.93. The van der Waals surface area contributed by atoms with Gasteiger partial charge in [0, 0.05) is 11.6 Å². The maximum absolute atomic E-state index is 13.7. The number of hydrogen-bond donors (Lipinski definition) is 1. The van der Waals surface area contributed by atoms with Crippen LogP contribution in [0.25, 0.3) is 0 Å². The molecular weight excluding hydrogens is 281 g/mol. The number of benzene rings is 1. The maximum Gasteiger partial charge on any atom is 0.340 e. The molecule has 0 aliphatic heterocycles. The van der Waals surface area contributed by atoms with E-state index in [0.717, 1.165) is 6.07 Å². The normalized spacial score (nSPS) is 13.6. The predicted molar refractivity (Wildman–Crippen MR) is 64.9 cm³/mol. The van der Waals surface area contributed by atoms with E-state index in [0.29, 0.717) is 6.54 Å². The third-order valence-electron chi connectivity index (χ3n) is 2.70. The SMILES string of the molecule is CCNC(C)c1c(F)cccc1OCC(F)(F)C(F)F. The molecule has 0 saturated carbocycles. The summed E-state index contributed by atoms with van der Waals surface area (Å²) in [5, 5.41) is 2.91. The molecule has 0 aliphatic rings. The standard InChI is InChI=1S/C13H16F5NO/c1-3-19-8(2)11-9(14)5-4-6-10(11)20-7-13(17,18)12(15)16/h4-6,8,12,19H,3,7H2,1-2H3. The van der Waals surface area contributed by atoms with Crippen LogP contribution in [0, 0.1) is 5.82 Å². The summed E-state index contributed by atoms with van der Waals surface area (Å²) in [6.45, 7) is 2.45. The average Bonchev–Trinajstić information content (AvgIpc) is 2.36. The van der Waals surface area contributed by atoms with Crippen LogP contribution in [0.4, 0.5) is 22.0 Å². The first-order valence-corrected chi connectivity index (χ1v) is 6.10. The van der Waals surface area contributed by atoms with E-state index >= 15 is 0 Å². The summed E-state index contributed by atoms with van der Waals surface area (Å²) in [6, 6.07) is 3.21. The lowest BCUT2D eigenvalue weighted by Crippen LogP contribution is -2.34. The molecule has 0 bridgehead atoms. The van der Waals surface area contributed by atoms with Gasteiger partial charge < -0.3 is 10.1 Å². The van der Waals surface area contributed by atoms with Gasteiger partial charge in [-0.15, -0.1) is 0 Å². The van der Waals surface area contributed by atoms with Crippen molar-refractivity contribution in [2.75, 3.05) is 13.2 Å². The highest BCUT2D eigenvalue weighted by Crippen LogP contribution is 2.30.